The minimum atomic E-state index is -0.568. The van der Waals surface area contributed by atoms with E-state index in [0.717, 1.165) is 5.56 Å². The number of nitrogens with zero attached hydrogens (tertiary/aromatic N) is 3. The van der Waals surface area contributed by atoms with Gasteiger partial charge in [-0.1, -0.05) is 12.1 Å². The van der Waals surface area contributed by atoms with Gasteiger partial charge in [-0.2, -0.15) is 9.61 Å². The van der Waals surface area contributed by atoms with Gasteiger partial charge in [0.2, 0.25) is 11.8 Å². The number of rotatable bonds is 4. The van der Waals surface area contributed by atoms with Crippen molar-refractivity contribution < 1.29 is 14.3 Å². The molecule has 112 valence electrons. The molecule has 3 rings (SSSR count). The molecule has 0 aliphatic heterocycles. The van der Waals surface area contributed by atoms with E-state index in [9.17, 15) is 4.79 Å². The summed E-state index contributed by atoms with van der Waals surface area (Å²) in [6.07, 6.45) is 1.40. The molecule has 1 amide bonds. The average Bonchev–Trinajstić information content (AvgIpc) is 3.02. The van der Waals surface area contributed by atoms with Gasteiger partial charge in [0.05, 0.1) is 19.8 Å². The molecule has 0 aliphatic rings. The fourth-order valence-corrected chi connectivity index (χ4v) is 2.35. The third-order valence-electron chi connectivity index (χ3n) is 3.35. The van der Waals surface area contributed by atoms with Crippen molar-refractivity contribution in [2.24, 2.45) is 5.73 Å². The van der Waals surface area contributed by atoms with E-state index < -0.39 is 5.91 Å². The lowest BCUT2D eigenvalue weighted by molar-refractivity contribution is 0.100. The number of ether oxygens (including phenoxy) is 2. The first-order valence-corrected chi connectivity index (χ1v) is 6.50. The van der Waals surface area contributed by atoms with Crippen LogP contribution in [0.1, 0.15) is 10.4 Å². The highest BCUT2D eigenvalue weighted by atomic mass is 16.5. The van der Waals surface area contributed by atoms with Gasteiger partial charge in [-0.15, -0.1) is 0 Å². The van der Waals surface area contributed by atoms with Crippen LogP contribution in [0, 0.1) is 0 Å². The van der Waals surface area contributed by atoms with Crippen molar-refractivity contribution in [3.63, 3.8) is 0 Å². The van der Waals surface area contributed by atoms with Gasteiger partial charge >= 0.3 is 0 Å². The van der Waals surface area contributed by atoms with Crippen LogP contribution in [0.5, 0.6) is 11.6 Å². The maximum absolute atomic E-state index is 11.9. The highest BCUT2D eigenvalue weighted by Crippen LogP contribution is 2.32. The number of methoxy groups -OCH3 is 2. The molecule has 0 radical (unpaired) electrons. The van der Waals surface area contributed by atoms with Gasteiger partial charge in [-0.05, 0) is 17.7 Å². The molecule has 0 unspecified atom stereocenters. The standard InChI is InChI=1S/C15H14N4O3/c1-21-10-5-3-4-9(6-10)13-11(14(16)20)7-12(22-2)19-15(13)17-8-18-19/h3-8H,1-2H3,(H2,16,20). The van der Waals surface area contributed by atoms with E-state index in [1.807, 2.05) is 24.3 Å². The molecular weight excluding hydrogens is 284 g/mol. The second kappa shape index (κ2) is 5.36. The molecule has 2 N–H and O–H groups in total. The van der Waals surface area contributed by atoms with Gasteiger partial charge in [-0.25, -0.2) is 4.98 Å². The third kappa shape index (κ3) is 2.12. The molecule has 2 heterocycles. The van der Waals surface area contributed by atoms with E-state index in [1.54, 1.807) is 13.2 Å². The molecule has 0 saturated heterocycles. The zero-order chi connectivity index (χ0) is 15.7. The smallest absolute Gasteiger partial charge is 0.249 e. The number of pyridine rings is 1. The van der Waals surface area contributed by atoms with Crippen molar-refractivity contribution in [3.05, 3.63) is 42.2 Å². The van der Waals surface area contributed by atoms with Gasteiger partial charge in [0, 0.05) is 11.6 Å². The third-order valence-corrected chi connectivity index (χ3v) is 3.35. The monoisotopic (exact) mass is 298 g/mol. The number of nitrogens with two attached hydrogens (primary N) is 1. The van der Waals surface area contributed by atoms with E-state index in [-0.39, 0.29) is 0 Å². The Hall–Kier alpha value is -3.09. The van der Waals surface area contributed by atoms with Gasteiger partial charge < -0.3 is 15.2 Å². The lowest BCUT2D eigenvalue weighted by atomic mass is 10.0. The number of amides is 1. The van der Waals surface area contributed by atoms with Gasteiger partial charge in [-0.3, -0.25) is 4.79 Å². The number of benzene rings is 1. The number of hydrogen-bond donors (Lipinski definition) is 1. The minimum Gasteiger partial charge on any atom is -0.497 e. The van der Waals surface area contributed by atoms with Crippen LogP contribution in [0.25, 0.3) is 16.8 Å². The average molecular weight is 298 g/mol. The van der Waals surface area contributed by atoms with Crippen molar-refractivity contribution in [3.8, 4) is 22.8 Å². The molecule has 7 nitrogen and oxygen atoms in total. The van der Waals surface area contributed by atoms with Crippen molar-refractivity contribution in [2.75, 3.05) is 14.2 Å². The van der Waals surface area contributed by atoms with Gasteiger partial charge in [0.1, 0.15) is 12.1 Å². The molecule has 3 aromatic rings. The Morgan fingerprint density at radius 3 is 2.73 bits per heavy atom. The molecule has 0 aliphatic carbocycles. The summed E-state index contributed by atoms with van der Waals surface area (Å²) < 4.78 is 12.0. The highest BCUT2D eigenvalue weighted by molar-refractivity contribution is 6.03. The number of hydrogen-bond acceptors (Lipinski definition) is 5. The zero-order valence-corrected chi connectivity index (χ0v) is 12.1. The van der Waals surface area contributed by atoms with Crippen LogP contribution in [0.3, 0.4) is 0 Å². The number of primary amides is 1. The Morgan fingerprint density at radius 1 is 1.23 bits per heavy atom. The van der Waals surface area contributed by atoms with Crippen LogP contribution in [0.15, 0.2) is 36.7 Å². The van der Waals surface area contributed by atoms with Gasteiger partial charge in [0.25, 0.3) is 0 Å². The van der Waals surface area contributed by atoms with Crippen molar-refractivity contribution >= 4 is 11.6 Å². The zero-order valence-electron chi connectivity index (χ0n) is 12.1. The molecule has 7 heteroatoms. The SMILES string of the molecule is COc1cccc(-c2c(C(N)=O)cc(OC)n3ncnc23)c1. The molecule has 2 aromatic heterocycles. The van der Waals surface area contributed by atoms with E-state index in [2.05, 4.69) is 10.1 Å². The summed E-state index contributed by atoms with van der Waals surface area (Å²) in [6.45, 7) is 0. The summed E-state index contributed by atoms with van der Waals surface area (Å²) in [6, 6.07) is 8.86. The van der Waals surface area contributed by atoms with E-state index in [4.69, 9.17) is 15.2 Å². The summed E-state index contributed by atoms with van der Waals surface area (Å²) >= 11 is 0. The fraction of sp³-hybridized carbons (Fsp3) is 0.133. The summed E-state index contributed by atoms with van der Waals surface area (Å²) in [5, 5.41) is 4.12. The Labute approximate surface area is 126 Å². The summed E-state index contributed by atoms with van der Waals surface area (Å²) in [5.74, 6) is 0.482. The number of carbonyl (C=O) groups is 1. The maximum atomic E-state index is 11.9. The Bertz CT molecular complexity index is 857. The van der Waals surface area contributed by atoms with E-state index >= 15 is 0 Å². The van der Waals surface area contributed by atoms with E-state index in [0.29, 0.717) is 28.4 Å². The quantitative estimate of drug-likeness (QED) is 0.788. The maximum Gasteiger partial charge on any atom is 0.249 e. The van der Waals surface area contributed by atoms with Crippen LogP contribution in [0.4, 0.5) is 0 Å². The number of carbonyl (C=O) groups excluding carboxylic acids is 1. The van der Waals surface area contributed by atoms with Crippen LogP contribution < -0.4 is 15.2 Å². The second-order valence-electron chi connectivity index (χ2n) is 4.57. The predicted molar refractivity (Wildman–Crippen MR) is 80.0 cm³/mol. The lowest BCUT2D eigenvalue weighted by Crippen LogP contribution is -2.14. The van der Waals surface area contributed by atoms with Crippen molar-refractivity contribution in [1.29, 1.82) is 0 Å². The first-order chi connectivity index (χ1) is 10.7. The van der Waals surface area contributed by atoms with Gasteiger partial charge in [0.15, 0.2) is 5.65 Å². The second-order valence-corrected chi connectivity index (χ2v) is 4.57. The molecule has 22 heavy (non-hydrogen) atoms. The summed E-state index contributed by atoms with van der Waals surface area (Å²) in [5.41, 5.74) is 7.67. The predicted octanol–water partition coefficient (Wildman–Crippen LogP) is 1.51. The molecule has 0 fully saturated rings. The number of fused-ring (bicyclic) bond motifs is 1. The Balaban J connectivity index is 2.38. The minimum absolute atomic E-state index is 0.311. The van der Waals surface area contributed by atoms with Crippen molar-refractivity contribution in [1.82, 2.24) is 14.6 Å². The normalized spacial score (nSPS) is 10.6. The van der Waals surface area contributed by atoms with Crippen LogP contribution >= 0.6 is 0 Å². The molecule has 0 saturated carbocycles. The largest absolute Gasteiger partial charge is 0.497 e. The summed E-state index contributed by atoms with van der Waals surface area (Å²) in [7, 11) is 3.07. The van der Waals surface area contributed by atoms with Crippen LogP contribution in [-0.2, 0) is 0 Å². The van der Waals surface area contributed by atoms with Crippen LogP contribution in [-0.4, -0.2) is 34.7 Å². The Kier molecular flexibility index (Phi) is 3.38. The molecular formula is C15H14N4O3. The first kappa shape index (κ1) is 13.9. The summed E-state index contributed by atoms with van der Waals surface area (Å²) in [4.78, 5) is 16.1. The molecule has 0 bridgehead atoms. The van der Waals surface area contributed by atoms with Crippen LogP contribution in [0.2, 0.25) is 0 Å². The Morgan fingerprint density at radius 2 is 2.05 bits per heavy atom. The van der Waals surface area contributed by atoms with Crippen molar-refractivity contribution in [2.45, 2.75) is 0 Å². The molecule has 1 aromatic carbocycles. The lowest BCUT2D eigenvalue weighted by Gasteiger charge is -2.12. The molecule has 0 spiro atoms. The fourth-order valence-electron chi connectivity index (χ4n) is 2.35. The highest BCUT2D eigenvalue weighted by Gasteiger charge is 2.19. The topological polar surface area (TPSA) is 91.7 Å². The van der Waals surface area contributed by atoms with E-state index in [1.165, 1.54) is 18.0 Å². The first-order valence-electron chi connectivity index (χ1n) is 6.50. The molecule has 0 atom stereocenters. The number of aromatic nitrogens is 3.